The van der Waals surface area contributed by atoms with Crippen molar-refractivity contribution in [1.82, 2.24) is 15.3 Å². The summed E-state index contributed by atoms with van der Waals surface area (Å²) in [5, 5.41) is 3.38. The average Bonchev–Trinajstić information content (AvgIpc) is 2.92. The molecule has 2 aromatic rings. The molecule has 2 heterocycles. The SMILES string of the molecule is CCC(C)NCc1ncc(-c2cc(Cl)sc2Cl)[nH]1. The molecule has 0 aromatic carbocycles. The van der Waals surface area contributed by atoms with Crippen LogP contribution in [0.15, 0.2) is 12.3 Å². The molecule has 2 aromatic heterocycles. The van der Waals surface area contributed by atoms with Crippen LogP contribution in [0.5, 0.6) is 0 Å². The van der Waals surface area contributed by atoms with Gasteiger partial charge in [-0.1, -0.05) is 30.1 Å². The van der Waals surface area contributed by atoms with E-state index in [0.717, 1.165) is 30.0 Å². The summed E-state index contributed by atoms with van der Waals surface area (Å²) in [5.74, 6) is 0.906. The van der Waals surface area contributed by atoms with E-state index in [1.165, 1.54) is 11.3 Å². The molecule has 0 aliphatic heterocycles. The number of hydrogen-bond donors (Lipinski definition) is 2. The highest BCUT2D eigenvalue weighted by Crippen LogP contribution is 2.37. The molecule has 6 heteroatoms. The van der Waals surface area contributed by atoms with Gasteiger partial charge in [0.15, 0.2) is 0 Å². The van der Waals surface area contributed by atoms with Gasteiger partial charge in [0.05, 0.1) is 22.8 Å². The largest absolute Gasteiger partial charge is 0.341 e. The number of aromatic nitrogens is 2. The zero-order chi connectivity index (χ0) is 13.1. The number of thiophene rings is 1. The van der Waals surface area contributed by atoms with E-state index >= 15 is 0 Å². The summed E-state index contributed by atoms with van der Waals surface area (Å²) in [6.45, 7) is 5.03. The normalized spacial score (nSPS) is 12.9. The van der Waals surface area contributed by atoms with E-state index in [9.17, 15) is 0 Å². The van der Waals surface area contributed by atoms with Gasteiger partial charge in [-0.3, -0.25) is 0 Å². The maximum atomic E-state index is 6.11. The summed E-state index contributed by atoms with van der Waals surface area (Å²) in [6.07, 6.45) is 2.89. The maximum Gasteiger partial charge on any atom is 0.120 e. The third-order valence-electron chi connectivity index (χ3n) is 2.81. The first kappa shape index (κ1) is 13.9. The predicted molar refractivity (Wildman–Crippen MR) is 78.5 cm³/mol. The molecule has 0 saturated carbocycles. The van der Waals surface area contributed by atoms with Crippen LogP contribution >= 0.6 is 34.5 Å². The smallest absolute Gasteiger partial charge is 0.120 e. The second-order valence-electron chi connectivity index (χ2n) is 4.17. The lowest BCUT2D eigenvalue weighted by Gasteiger charge is -2.08. The number of nitrogens with one attached hydrogen (secondary N) is 2. The summed E-state index contributed by atoms with van der Waals surface area (Å²) < 4.78 is 1.37. The van der Waals surface area contributed by atoms with Gasteiger partial charge in [-0.05, 0) is 19.4 Å². The highest BCUT2D eigenvalue weighted by molar-refractivity contribution is 7.20. The van der Waals surface area contributed by atoms with Gasteiger partial charge in [-0.25, -0.2) is 4.98 Å². The van der Waals surface area contributed by atoms with Crippen LogP contribution in [0.25, 0.3) is 11.3 Å². The molecule has 0 aliphatic rings. The second kappa shape index (κ2) is 6.06. The van der Waals surface area contributed by atoms with Crippen LogP contribution < -0.4 is 5.32 Å². The van der Waals surface area contributed by atoms with Crippen molar-refractivity contribution in [3.05, 3.63) is 26.8 Å². The average molecular weight is 304 g/mol. The van der Waals surface area contributed by atoms with Crippen molar-refractivity contribution in [3.8, 4) is 11.3 Å². The van der Waals surface area contributed by atoms with Gasteiger partial charge in [0, 0.05) is 11.6 Å². The summed E-state index contributed by atoms with van der Waals surface area (Å²) in [5.41, 5.74) is 1.82. The summed E-state index contributed by atoms with van der Waals surface area (Å²) in [7, 11) is 0. The van der Waals surface area contributed by atoms with E-state index in [-0.39, 0.29) is 0 Å². The minimum Gasteiger partial charge on any atom is -0.341 e. The van der Waals surface area contributed by atoms with Crippen LogP contribution in [0.4, 0.5) is 0 Å². The molecule has 2 N–H and O–H groups in total. The summed E-state index contributed by atoms with van der Waals surface area (Å²) in [6, 6.07) is 2.34. The number of imidazole rings is 1. The minimum absolute atomic E-state index is 0.484. The van der Waals surface area contributed by atoms with Crippen LogP contribution in [0.1, 0.15) is 26.1 Å². The van der Waals surface area contributed by atoms with E-state index < -0.39 is 0 Å². The Hall–Kier alpha value is -0.550. The quantitative estimate of drug-likeness (QED) is 0.863. The Labute approximate surface area is 121 Å². The van der Waals surface area contributed by atoms with Crippen molar-refractivity contribution in [1.29, 1.82) is 0 Å². The van der Waals surface area contributed by atoms with E-state index in [0.29, 0.717) is 14.7 Å². The molecule has 0 radical (unpaired) electrons. The van der Waals surface area contributed by atoms with Gasteiger partial charge in [0.1, 0.15) is 10.2 Å². The Morgan fingerprint density at radius 2 is 2.28 bits per heavy atom. The van der Waals surface area contributed by atoms with Crippen LogP contribution in [-0.2, 0) is 6.54 Å². The molecule has 1 atom stereocenters. The van der Waals surface area contributed by atoms with Crippen molar-refractivity contribution in [2.24, 2.45) is 0 Å². The lowest BCUT2D eigenvalue weighted by atomic mass is 10.2. The summed E-state index contributed by atoms with van der Waals surface area (Å²) >= 11 is 13.4. The fraction of sp³-hybridized carbons (Fsp3) is 0.417. The monoisotopic (exact) mass is 303 g/mol. The second-order valence-corrected chi connectivity index (χ2v) is 6.46. The van der Waals surface area contributed by atoms with Crippen molar-refractivity contribution < 1.29 is 0 Å². The Kier molecular flexibility index (Phi) is 4.67. The molecule has 0 bridgehead atoms. The Morgan fingerprint density at radius 1 is 1.50 bits per heavy atom. The number of nitrogens with zero attached hydrogens (tertiary/aromatic N) is 1. The first-order valence-corrected chi connectivity index (χ1v) is 7.39. The Bertz CT molecular complexity index is 521. The lowest BCUT2D eigenvalue weighted by molar-refractivity contribution is 0.525. The first-order valence-electron chi connectivity index (χ1n) is 5.82. The lowest BCUT2D eigenvalue weighted by Crippen LogP contribution is -2.24. The standard InChI is InChI=1S/C12H15Cl2N3S/c1-3-7(2)15-6-11-16-5-9(17-11)8-4-10(13)18-12(8)14/h4-5,7,15H,3,6H2,1-2H3,(H,16,17). The van der Waals surface area contributed by atoms with E-state index in [1.54, 1.807) is 6.20 Å². The van der Waals surface area contributed by atoms with E-state index in [1.807, 2.05) is 6.07 Å². The highest BCUT2D eigenvalue weighted by atomic mass is 35.5. The van der Waals surface area contributed by atoms with Crippen molar-refractivity contribution in [2.45, 2.75) is 32.9 Å². The molecule has 1 unspecified atom stereocenters. The first-order chi connectivity index (χ1) is 8.60. The maximum absolute atomic E-state index is 6.11. The van der Waals surface area contributed by atoms with Crippen LogP contribution in [0.3, 0.4) is 0 Å². The van der Waals surface area contributed by atoms with Gasteiger partial charge in [0.25, 0.3) is 0 Å². The molecule has 3 nitrogen and oxygen atoms in total. The van der Waals surface area contributed by atoms with Gasteiger partial charge in [-0.15, -0.1) is 11.3 Å². The molecule has 0 spiro atoms. The summed E-state index contributed by atoms with van der Waals surface area (Å²) in [4.78, 5) is 7.59. The molecule has 2 rings (SSSR count). The van der Waals surface area contributed by atoms with E-state index in [4.69, 9.17) is 23.2 Å². The Morgan fingerprint density at radius 3 is 2.89 bits per heavy atom. The van der Waals surface area contributed by atoms with Crippen LogP contribution in [-0.4, -0.2) is 16.0 Å². The predicted octanol–water partition coefficient (Wildman–Crippen LogP) is 4.33. The van der Waals surface area contributed by atoms with Crippen LogP contribution in [0.2, 0.25) is 8.67 Å². The number of rotatable bonds is 5. The number of halogens is 2. The molecule has 0 saturated heterocycles. The van der Waals surface area contributed by atoms with Gasteiger partial charge in [-0.2, -0.15) is 0 Å². The topological polar surface area (TPSA) is 40.7 Å². The molecule has 0 fully saturated rings. The highest BCUT2D eigenvalue weighted by Gasteiger charge is 2.11. The Balaban J connectivity index is 2.08. The number of hydrogen-bond acceptors (Lipinski definition) is 3. The van der Waals surface area contributed by atoms with Crippen molar-refractivity contribution in [3.63, 3.8) is 0 Å². The van der Waals surface area contributed by atoms with Crippen molar-refractivity contribution in [2.75, 3.05) is 0 Å². The minimum atomic E-state index is 0.484. The number of H-pyrrole nitrogens is 1. The third-order valence-corrected chi connectivity index (χ3v) is 4.29. The molecule has 0 amide bonds. The van der Waals surface area contributed by atoms with Crippen LogP contribution in [0, 0.1) is 0 Å². The molecular weight excluding hydrogens is 289 g/mol. The van der Waals surface area contributed by atoms with Gasteiger partial charge in [0.2, 0.25) is 0 Å². The molecule has 18 heavy (non-hydrogen) atoms. The molecule has 98 valence electrons. The molecule has 0 aliphatic carbocycles. The van der Waals surface area contributed by atoms with Gasteiger partial charge >= 0.3 is 0 Å². The zero-order valence-corrected chi connectivity index (χ0v) is 12.6. The van der Waals surface area contributed by atoms with Crippen molar-refractivity contribution >= 4 is 34.5 Å². The van der Waals surface area contributed by atoms with Gasteiger partial charge < -0.3 is 10.3 Å². The molecular formula is C12H15Cl2N3S. The third kappa shape index (κ3) is 3.26. The fourth-order valence-corrected chi connectivity index (χ4v) is 3.02. The number of aromatic amines is 1. The zero-order valence-electron chi connectivity index (χ0n) is 10.3. The fourth-order valence-electron chi connectivity index (χ4n) is 1.53. The van der Waals surface area contributed by atoms with E-state index in [2.05, 4.69) is 29.1 Å².